The number of nitrogens with zero attached hydrogens (tertiary/aromatic N) is 1. The number of benzene rings is 1. The van der Waals surface area contributed by atoms with Crippen LogP contribution in [0.1, 0.15) is 25.0 Å². The maximum absolute atomic E-state index is 13.0. The molecule has 0 aliphatic carbocycles. The minimum absolute atomic E-state index is 0. The van der Waals surface area contributed by atoms with E-state index in [4.69, 9.17) is 5.73 Å². The molecular weight excluding hydrogens is 332 g/mol. The molecule has 1 rings (SSSR count). The number of halogens is 2. The van der Waals surface area contributed by atoms with Crippen LogP contribution < -0.4 is 11.1 Å². The average molecular weight is 351 g/mol. The molecule has 0 saturated carbocycles. The lowest BCUT2D eigenvalue weighted by atomic mass is 10.1. The largest absolute Gasteiger partial charge is 0.370 e. The summed E-state index contributed by atoms with van der Waals surface area (Å²) in [5.74, 6) is 0.220. The van der Waals surface area contributed by atoms with Gasteiger partial charge in [-0.3, -0.25) is 0 Å². The van der Waals surface area contributed by atoms with Crippen molar-refractivity contribution in [1.29, 1.82) is 0 Å². The molecule has 17 heavy (non-hydrogen) atoms. The Hall–Kier alpha value is -0.850. The summed E-state index contributed by atoms with van der Waals surface area (Å²) in [6.45, 7) is 6.18. The van der Waals surface area contributed by atoms with E-state index in [0.717, 1.165) is 5.56 Å². The van der Waals surface area contributed by atoms with Gasteiger partial charge in [-0.15, -0.1) is 24.0 Å². The van der Waals surface area contributed by atoms with E-state index in [-0.39, 0.29) is 35.8 Å². The van der Waals surface area contributed by atoms with Crippen LogP contribution in [0.3, 0.4) is 0 Å². The second kappa shape index (κ2) is 7.47. The minimum Gasteiger partial charge on any atom is -0.370 e. The molecule has 0 fully saturated rings. The number of hydrogen-bond acceptors (Lipinski definition) is 1. The fourth-order valence-electron chi connectivity index (χ4n) is 1.32. The van der Waals surface area contributed by atoms with Crippen molar-refractivity contribution in [3.05, 3.63) is 35.1 Å². The van der Waals surface area contributed by atoms with Gasteiger partial charge in [-0.1, -0.05) is 12.1 Å². The van der Waals surface area contributed by atoms with Gasteiger partial charge in [0, 0.05) is 6.04 Å². The van der Waals surface area contributed by atoms with Gasteiger partial charge in [0.25, 0.3) is 0 Å². The number of aliphatic imine (C=N–C) groups is 1. The highest BCUT2D eigenvalue weighted by molar-refractivity contribution is 14.0. The summed E-state index contributed by atoms with van der Waals surface area (Å²) in [5.41, 5.74) is 7.23. The zero-order valence-electron chi connectivity index (χ0n) is 10.3. The second-order valence-corrected chi connectivity index (χ2v) is 4.08. The number of aryl methyl sites for hydroxylation is 1. The fourth-order valence-corrected chi connectivity index (χ4v) is 1.32. The van der Waals surface area contributed by atoms with E-state index in [0.29, 0.717) is 18.1 Å². The Morgan fingerprint density at radius 1 is 1.47 bits per heavy atom. The van der Waals surface area contributed by atoms with Crippen molar-refractivity contribution in [1.82, 2.24) is 5.32 Å². The lowest BCUT2D eigenvalue weighted by Gasteiger charge is -2.08. The Morgan fingerprint density at radius 3 is 2.65 bits per heavy atom. The molecule has 96 valence electrons. The highest BCUT2D eigenvalue weighted by atomic mass is 127. The molecule has 3 nitrogen and oxygen atoms in total. The van der Waals surface area contributed by atoms with Crippen LogP contribution in [-0.4, -0.2) is 12.0 Å². The molecular formula is C12H19FIN3. The predicted molar refractivity (Wildman–Crippen MR) is 80.2 cm³/mol. The lowest BCUT2D eigenvalue weighted by Crippen LogP contribution is -2.36. The summed E-state index contributed by atoms with van der Waals surface area (Å²) >= 11 is 0. The van der Waals surface area contributed by atoms with Gasteiger partial charge in [0.05, 0.1) is 6.54 Å². The summed E-state index contributed by atoms with van der Waals surface area (Å²) in [7, 11) is 0. The van der Waals surface area contributed by atoms with Crippen LogP contribution in [0, 0.1) is 12.7 Å². The SMILES string of the molecule is Cc1cc(CN=C(N)NC(C)C)ccc1F.I. The van der Waals surface area contributed by atoms with Gasteiger partial charge in [-0.2, -0.15) is 0 Å². The smallest absolute Gasteiger partial charge is 0.189 e. The molecule has 0 unspecified atom stereocenters. The molecule has 0 saturated heterocycles. The Balaban J connectivity index is 0.00000256. The Bertz CT molecular complexity index is 391. The lowest BCUT2D eigenvalue weighted by molar-refractivity contribution is 0.617. The Morgan fingerprint density at radius 2 is 2.12 bits per heavy atom. The topological polar surface area (TPSA) is 50.4 Å². The van der Waals surface area contributed by atoms with Crippen molar-refractivity contribution >= 4 is 29.9 Å². The second-order valence-electron chi connectivity index (χ2n) is 4.08. The van der Waals surface area contributed by atoms with Crippen molar-refractivity contribution in [2.24, 2.45) is 10.7 Å². The van der Waals surface area contributed by atoms with Crippen molar-refractivity contribution < 1.29 is 4.39 Å². The van der Waals surface area contributed by atoms with Crippen LogP contribution in [-0.2, 0) is 6.54 Å². The molecule has 0 aliphatic heterocycles. The van der Waals surface area contributed by atoms with E-state index in [1.165, 1.54) is 6.07 Å². The highest BCUT2D eigenvalue weighted by Gasteiger charge is 1.99. The van der Waals surface area contributed by atoms with Crippen LogP contribution in [0.2, 0.25) is 0 Å². The molecule has 0 spiro atoms. The van der Waals surface area contributed by atoms with Crippen molar-refractivity contribution in [2.75, 3.05) is 0 Å². The van der Waals surface area contributed by atoms with E-state index >= 15 is 0 Å². The molecule has 0 radical (unpaired) electrons. The van der Waals surface area contributed by atoms with Gasteiger partial charge in [0.1, 0.15) is 5.82 Å². The number of nitrogens with one attached hydrogen (secondary N) is 1. The van der Waals surface area contributed by atoms with Crippen LogP contribution in [0.4, 0.5) is 4.39 Å². The zero-order chi connectivity index (χ0) is 12.1. The molecule has 1 aromatic carbocycles. The Kier molecular flexibility index (Phi) is 7.10. The standard InChI is InChI=1S/C12H18FN3.HI/c1-8(2)16-12(14)15-7-10-4-5-11(13)9(3)6-10;/h4-6,8H,7H2,1-3H3,(H3,14,15,16);1H. The van der Waals surface area contributed by atoms with Crippen LogP contribution >= 0.6 is 24.0 Å². The third-order valence-corrected chi connectivity index (χ3v) is 2.09. The number of nitrogens with two attached hydrogens (primary N) is 1. The van der Waals surface area contributed by atoms with Gasteiger partial charge in [-0.05, 0) is 38.0 Å². The summed E-state index contributed by atoms with van der Waals surface area (Å²) < 4.78 is 13.0. The normalized spacial score (nSPS) is 11.2. The molecule has 1 aromatic rings. The molecule has 0 amide bonds. The van der Waals surface area contributed by atoms with E-state index in [9.17, 15) is 4.39 Å². The van der Waals surface area contributed by atoms with Crippen LogP contribution in [0.15, 0.2) is 23.2 Å². The molecule has 3 N–H and O–H groups in total. The quantitative estimate of drug-likeness (QED) is 0.500. The van der Waals surface area contributed by atoms with Crippen LogP contribution in [0.5, 0.6) is 0 Å². The highest BCUT2D eigenvalue weighted by Crippen LogP contribution is 2.09. The average Bonchev–Trinajstić information content (AvgIpc) is 2.19. The van der Waals surface area contributed by atoms with E-state index < -0.39 is 0 Å². The molecule has 0 atom stereocenters. The van der Waals surface area contributed by atoms with Crippen LogP contribution in [0.25, 0.3) is 0 Å². The molecule has 5 heteroatoms. The number of rotatable bonds is 3. The third kappa shape index (κ3) is 5.86. The van der Waals surface area contributed by atoms with Gasteiger partial charge < -0.3 is 11.1 Å². The van der Waals surface area contributed by atoms with Gasteiger partial charge in [0.15, 0.2) is 5.96 Å². The van der Waals surface area contributed by atoms with Gasteiger partial charge in [0.2, 0.25) is 0 Å². The van der Waals surface area contributed by atoms with Crippen molar-refractivity contribution in [2.45, 2.75) is 33.4 Å². The predicted octanol–water partition coefficient (Wildman–Crippen LogP) is 2.56. The van der Waals surface area contributed by atoms with Gasteiger partial charge >= 0.3 is 0 Å². The zero-order valence-corrected chi connectivity index (χ0v) is 12.7. The summed E-state index contributed by atoms with van der Waals surface area (Å²) in [6, 6.07) is 5.21. The summed E-state index contributed by atoms with van der Waals surface area (Å²) in [4.78, 5) is 4.17. The molecule has 0 aliphatic rings. The van der Waals surface area contributed by atoms with Crippen molar-refractivity contribution in [3.63, 3.8) is 0 Å². The van der Waals surface area contributed by atoms with E-state index in [1.807, 2.05) is 13.8 Å². The Labute approximate surface area is 119 Å². The molecule has 0 aromatic heterocycles. The number of guanidine groups is 1. The minimum atomic E-state index is -0.194. The molecule has 0 heterocycles. The number of hydrogen-bond donors (Lipinski definition) is 2. The first kappa shape index (κ1) is 16.1. The first-order chi connectivity index (χ1) is 7.49. The summed E-state index contributed by atoms with van der Waals surface area (Å²) in [6.07, 6.45) is 0. The summed E-state index contributed by atoms with van der Waals surface area (Å²) in [5, 5.41) is 2.99. The fraction of sp³-hybridized carbons (Fsp3) is 0.417. The maximum Gasteiger partial charge on any atom is 0.189 e. The first-order valence-electron chi connectivity index (χ1n) is 5.30. The third-order valence-electron chi connectivity index (χ3n) is 2.09. The van der Waals surface area contributed by atoms with E-state index in [1.54, 1.807) is 19.1 Å². The first-order valence-corrected chi connectivity index (χ1v) is 5.30. The maximum atomic E-state index is 13.0. The molecule has 0 bridgehead atoms. The van der Waals surface area contributed by atoms with E-state index in [2.05, 4.69) is 10.3 Å². The monoisotopic (exact) mass is 351 g/mol. The van der Waals surface area contributed by atoms with Crippen molar-refractivity contribution in [3.8, 4) is 0 Å². The van der Waals surface area contributed by atoms with Gasteiger partial charge in [-0.25, -0.2) is 9.38 Å².